The molecule has 0 aliphatic carbocycles. The van der Waals surface area contributed by atoms with Gasteiger partial charge < -0.3 is 10.6 Å². The van der Waals surface area contributed by atoms with Crippen molar-refractivity contribution in [3.8, 4) is 0 Å². The van der Waals surface area contributed by atoms with Crippen LogP contribution < -0.4 is 10.6 Å². The zero-order valence-electron chi connectivity index (χ0n) is 13.3. The Morgan fingerprint density at radius 2 is 2.05 bits per heavy atom. The molecule has 116 valence electrons. The fourth-order valence-corrected chi connectivity index (χ4v) is 2.98. The molecule has 0 aromatic heterocycles. The van der Waals surface area contributed by atoms with E-state index in [1.807, 2.05) is 35.2 Å². The van der Waals surface area contributed by atoms with Crippen molar-refractivity contribution in [1.82, 2.24) is 4.90 Å². The lowest BCUT2D eigenvalue weighted by atomic mass is 9.95. The molecule has 2 rings (SSSR count). The van der Waals surface area contributed by atoms with E-state index < -0.39 is 0 Å². The monoisotopic (exact) mass is 289 g/mol. The Morgan fingerprint density at radius 1 is 1.38 bits per heavy atom. The van der Waals surface area contributed by atoms with Crippen LogP contribution in [0.1, 0.15) is 27.2 Å². The van der Waals surface area contributed by atoms with Gasteiger partial charge in [-0.05, 0) is 38.3 Å². The molecule has 0 bridgehead atoms. The van der Waals surface area contributed by atoms with Crippen molar-refractivity contribution in [2.75, 3.05) is 24.5 Å². The molecule has 0 spiro atoms. The number of piperidine rings is 1. The zero-order chi connectivity index (χ0) is 15.4. The third kappa shape index (κ3) is 4.05. The molecular formula is C17H27N3O. The number of benzene rings is 1. The summed E-state index contributed by atoms with van der Waals surface area (Å²) in [7, 11) is 0. The first-order chi connectivity index (χ1) is 9.99. The van der Waals surface area contributed by atoms with Gasteiger partial charge in [0.2, 0.25) is 5.91 Å². The van der Waals surface area contributed by atoms with E-state index in [0.29, 0.717) is 12.5 Å². The molecule has 1 aromatic carbocycles. The Kier molecular flexibility index (Phi) is 5.37. The third-order valence-electron chi connectivity index (χ3n) is 4.23. The van der Waals surface area contributed by atoms with Crippen molar-refractivity contribution in [3.05, 3.63) is 30.3 Å². The maximum Gasteiger partial charge on any atom is 0.241 e. The summed E-state index contributed by atoms with van der Waals surface area (Å²) < 4.78 is 0. The van der Waals surface area contributed by atoms with Gasteiger partial charge in [-0.3, -0.25) is 9.69 Å². The van der Waals surface area contributed by atoms with Crippen LogP contribution in [0.5, 0.6) is 0 Å². The highest BCUT2D eigenvalue weighted by atomic mass is 16.2. The molecule has 0 radical (unpaired) electrons. The summed E-state index contributed by atoms with van der Waals surface area (Å²) in [5.41, 5.74) is 7.02. The number of para-hydroxylation sites is 1. The smallest absolute Gasteiger partial charge is 0.241 e. The number of likely N-dealkylation sites (tertiary alicyclic amines) is 1. The number of carbonyl (C=O) groups excluding carboxylic acids is 1. The van der Waals surface area contributed by atoms with Crippen LogP contribution in [0.25, 0.3) is 0 Å². The number of hydrogen-bond donors (Lipinski definition) is 1. The molecule has 2 atom stereocenters. The van der Waals surface area contributed by atoms with E-state index in [-0.39, 0.29) is 18.0 Å². The molecule has 4 nitrogen and oxygen atoms in total. The summed E-state index contributed by atoms with van der Waals surface area (Å²) in [6, 6.07) is 10.3. The Hall–Kier alpha value is -1.39. The van der Waals surface area contributed by atoms with Gasteiger partial charge >= 0.3 is 0 Å². The summed E-state index contributed by atoms with van der Waals surface area (Å²) in [5, 5.41) is 0. The standard InChI is InChI=1S/C17H27N3O/c1-13(2)20(15-7-5-4-6-8-15)17(21)12-19-10-9-16(18)14(3)11-19/h4-8,13-14,16H,9-12,18H2,1-3H3. The highest BCUT2D eigenvalue weighted by molar-refractivity contribution is 5.95. The van der Waals surface area contributed by atoms with Crippen molar-refractivity contribution < 1.29 is 4.79 Å². The van der Waals surface area contributed by atoms with Gasteiger partial charge in [-0.2, -0.15) is 0 Å². The first-order valence-electron chi connectivity index (χ1n) is 7.84. The SMILES string of the molecule is CC1CN(CC(=O)N(c2ccccc2)C(C)C)CCC1N. The predicted octanol–water partition coefficient (Wildman–Crippen LogP) is 2.10. The van der Waals surface area contributed by atoms with Gasteiger partial charge in [0.1, 0.15) is 0 Å². The lowest BCUT2D eigenvalue weighted by Gasteiger charge is -2.36. The van der Waals surface area contributed by atoms with Crippen LogP contribution in [-0.4, -0.2) is 42.5 Å². The van der Waals surface area contributed by atoms with Gasteiger partial charge in [-0.15, -0.1) is 0 Å². The van der Waals surface area contributed by atoms with Crippen LogP contribution in [-0.2, 0) is 4.79 Å². The Balaban J connectivity index is 2.03. The fourth-order valence-electron chi connectivity index (χ4n) is 2.98. The van der Waals surface area contributed by atoms with Crippen LogP contribution in [0.4, 0.5) is 5.69 Å². The maximum atomic E-state index is 12.7. The minimum absolute atomic E-state index is 0.157. The fraction of sp³-hybridized carbons (Fsp3) is 0.588. The van der Waals surface area contributed by atoms with Gasteiger partial charge in [0, 0.05) is 30.9 Å². The Labute approximate surface area is 127 Å². The lowest BCUT2D eigenvalue weighted by molar-refractivity contribution is -0.120. The highest BCUT2D eigenvalue weighted by Gasteiger charge is 2.27. The summed E-state index contributed by atoms with van der Waals surface area (Å²) in [6.45, 7) is 8.58. The summed E-state index contributed by atoms with van der Waals surface area (Å²) in [5.74, 6) is 0.620. The van der Waals surface area contributed by atoms with E-state index in [2.05, 4.69) is 25.7 Å². The van der Waals surface area contributed by atoms with Crippen molar-refractivity contribution in [1.29, 1.82) is 0 Å². The van der Waals surface area contributed by atoms with Gasteiger partial charge in [-0.1, -0.05) is 25.1 Å². The van der Waals surface area contributed by atoms with Crippen molar-refractivity contribution in [2.24, 2.45) is 11.7 Å². The zero-order valence-corrected chi connectivity index (χ0v) is 13.3. The molecule has 1 amide bonds. The maximum absolute atomic E-state index is 12.7. The van der Waals surface area contributed by atoms with Crippen LogP contribution >= 0.6 is 0 Å². The van der Waals surface area contributed by atoms with Crippen LogP contribution in [0.15, 0.2) is 30.3 Å². The Morgan fingerprint density at radius 3 is 2.62 bits per heavy atom. The van der Waals surface area contributed by atoms with Crippen molar-refractivity contribution in [3.63, 3.8) is 0 Å². The highest BCUT2D eigenvalue weighted by Crippen LogP contribution is 2.19. The van der Waals surface area contributed by atoms with Gasteiger partial charge in [0.15, 0.2) is 0 Å². The largest absolute Gasteiger partial charge is 0.327 e. The first-order valence-corrected chi connectivity index (χ1v) is 7.84. The molecular weight excluding hydrogens is 262 g/mol. The molecule has 2 unspecified atom stereocenters. The molecule has 1 aromatic rings. The predicted molar refractivity (Wildman–Crippen MR) is 87.3 cm³/mol. The number of rotatable bonds is 4. The van der Waals surface area contributed by atoms with Crippen molar-refractivity contribution >= 4 is 11.6 Å². The minimum atomic E-state index is 0.157. The van der Waals surface area contributed by atoms with Gasteiger partial charge in [-0.25, -0.2) is 0 Å². The molecule has 1 aliphatic heterocycles. The lowest BCUT2D eigenvalue weighted by Crippen LogP contribution is -2.50. The van der Waals surface area contributed by atoms with E-state index in [4.69, 9.17) is 5.73 Å². The average Bonchev–Trinajstić information content (AvgIpc) is 2.44. The number of hydrogen-bond acceptors (Lipinski definition) is 3. The number of nitrogens with two attached hydrogens (primary N) is 1. The quantitative estimate of drug-likeness (QED) is 0.923. The van der Waals surface area contributed by atoms with E-state index >= 15 is 0 Å². The number of nitrogens with zero attached hydrogens (tertiary/aromatic N) is 2. The molecule has 1 fully saturated rings. The topological polar surface area (TPSA) is 49.6 Å². The number of carbonyl (C=O) groups is 1. The summed E-state index contributed by atoms with van der Waals surface area (Å²) in [6.07, 6.45) is 0.974. The first kappa shape index (κ1) is 16.0. The Bertz CT molecular complexity index is 460. The molecule has 2 N–H and O–H groups in total. The molecule has 4 heteroatoms. The number of amides is 1. The van der Waals surface area contributed by atoms with E-state index in [0.717, 1.165) is 25.2 Å². The molecule has 1 saturated heterocycles. The van der Waals surface area contributed by atoms with Gasteiger partial charge in [0.25, 0.3) is 0 Å². The van der Waals surface area contributed by atoms with E-state index in [1.54, 1.807) is 0 Å². The summed E-state index contributed by atoms with van der Waals surface area (Å²) in [4.78, 5) is 16.8. The minimum Gasteiger partial charge on any atom is -0.327 e. The third-order valence-corrected chi connectivity index (χ3v) is 4.23. The van der Waals surface area contributed by atoms with Crippen LogP contribution in [0.2, 0.25) is 0 Å². The van der Waals surface area contributed by atoms with Gasteiger partial charge in [0.05, 0.1) is 6.54 Å². The second kappa shape index (κ2) is 7.05. The second-order valence-electron chi connectivity index (χ2n) is 6.36. The number of anilines is 1. The summed E-state index contributed by atoms with van der Waals surface area (Å²) >= 11 is 0. The normalized spacial score (nSPS) is 23.3. The van der Waals surface area contributed by atoms with Crippen LogP contribution in [0.3, 0.4) is 0 Å². The second-order valence-corrected chi connectivity index (χ2v) is 6.36. The van der Waals surface area contributed by atoms with Crippen LogP contribution in [0, 0.1) is 5.92 Å². The van der Waals surface area contributed by atoms with E-state index in [1.165, 1.54) is 0 Å². The molecule has 1 aliphatic rings. The van der Waals surface area contributed by atoms with Crippen molar-refractivity contribution in [2.45, 2.75) is 39.3 Å². The molecule has 21 heavy (non-hydrogen) atoms. The molecule has 0 saturated carbocycles. The molecule has 1 heterocycles. The van der Waals surface area contributed by atoms with E-state index in [9.17, 15) is 4.79 Å². The average molecular weight is 289 g/mol.